The van der Waals surface area contributed by atoms with Crippen LogP contribution < -0.4 is 0 Å². The molecule has 0 heteroatoms. The zero-order chi connectivity index (χ0) is 17.7. The summed E-state index contributed by atoms with van der Waals surface area (Å²) in [5.74, 6) is 0.926. The van der Waals surface area contributed by atoms with E-state index in [0.717, 1.165) is 18.8 Å². The molecule has 1 atom stereocenters. The molecule has 0 spiro atoms. The molecular formula is C24H48. The Morgan fingerprint density at radius 2 is 0.708 bits per heavy atom. The van der Waals surface area contributed by atoms with Gasteiger partial charge in [-0.25, -0.2) is 0 Å². The average Bonchev–Trinajstić information content (AvgIpc) is 2.59. The van der Waals surface area contributed by atoms with E-state index in [9.17, 15) is 0 Å². The van der Waals surface area contributed by atoms with E-state index in [4.69, 9.17) is 0 Å². The average molecular weight is 337 g/mol. The Labute approximate surface area is 155 Å². The van der Waals surface area contributed by atoms with Crippen LogP contribution in [-0.4, -0.2) is 0 Å². The molecule has 0 saturated carbocycles. The van der Waals surface area contributed by atoms with Gasteiger partial charge in [0.15, 0.2) is 0 Å². The Bertz CT molecular complexity index is 208. The quantitative estimate of drug-likeness (QED) is 0.194. The van der Waals surface area contributed by atoms with Crippen LogP contribution >= 0.6 is 0 Å². The van der Waals surface area contributed by atoms with E-state index in [1.54, 1.807) is 0 Å². The van der Waals surface area contributed by atoms with Crippen molar-refractivity contribution in [1.29, 1.82) is 0 Å². The summed E-state index contributed by atoms with van der Waals surface area (Å²) in [7, 11) is 0. The van der Waals surface area contributed by atoms with Crippen molar-refractivity contribution in [2.45, 2.75) is 135 Å². The summed E-state index contributed by atoms with van der Waals surface area (Å²) in [6.45, 7) is 10.3. The number of rotatable bonds is 20. The number of hydrogen-bond acceptors (Lipinski definition) is 0. The molecule has 0 aliphatic rings. The molecule has 2 radical (unpaired) electrons. The second-order valence-electron chi connectivity index (χ2n) is 8.05. The highest BCUT2D eigenvalue weighted by atomic mass is 14.1. The van der Waals surface area contributed by atoms with Gasteiger partial charge in [0.05, 0.1) is 0 Å². The normalized spacial score (nSPS) is 12.6. The fraction of sp³-hybridized carbons (Fsp3) is 0.917. The van der Waals surface area contributed by atoms with Gasteiger partial charge in [-0.05, 0) is 5.92 Å². The van der Waals surface area contributed by atoms with E-state index >= 15 is 0 Å². The molecule has 0 nitrogen and oxygen atoms in total. The van der Waals surface area contributed by atoms with E-state index in [0.29, 0.717) is 0 Å². The summed E-state index contributed by atoms with van der Waals surface area (Å²) in [4.78, 5) is 0. The first-order valence-electron chi connectivity index (χ1n) is 11.4. The van der Waals surface area contributed by atoms with Crippen molar-refractivity contribution in [3.05, 3.63) is 13.8 Å². The summed E-state index contributed by atoms with van der Waals surface area (Å²) < 4.78 is 0. The molecule has 0 rings (SSSR count). The van der Waals surface area contributed by atoms with Crippen LogP contribution in [0.2, 0.25) is 0 Å². The largest absolute Gasteiger partial charge is 0.0625 e. The fourth-order valence-electron chi connectivity index (χ4n) is 3.60. The fourth-order valence-corrected chi connectivity index (χ4v) is 3.60. The Morgan fingerprint density at radius 1 is 0.417 bits per heavy atom. The predicted molar refractivity (Wildman–Crippen MR) is 112 cm³/mol. The zero-order valence-corrected chi connectivity index (χ0v) is 17.1. The van der Waals surface area contributed by atoms with Gasteiger partial charge in [-0.3, -0.25) is 0 Å². The van der Waals surface area contributed by atoms with Gasteiger partial charge in [0, 0.05) is 0 Å². The van der Waals surface area contributed by atoms with E-state index < -0.39 is 0 Å². The highest BCUT2D eigenvalue weighted by Crippen LogP contribution is 2.17. The SMILES string of the molecule is [CH2]CCCCCCCCCCCCCCCCCC(C)CCC[CH2]. The van der Waals surface area contributed by atoms with Gasteiger partial charge in [-0.2, -0.15) is 0 Å². The van der Waals surface area contributed by atoms with Crippen LogP contribution in [0.3, 0.4) is 0 Å². The van der Waals surface area contributed by atoms with Crippen molar-refractivity contribution in [2.24, 2.45) is 5.92 Å². The third-order valence-electron chi connectivity index (χ3n) is 5.39. The maximum atomic E-state index is 3.94. The van der Waals surface area contributed by atoms with Crippen molar-refractivity contribution in [3.8, 4) is 0 Å². The van der Waals surface area contributed by atoms with E-state index in [-0.39, 0.29) is 0 Å². The molecular weight excluding hydrogens is 288 g/mol. The first-order chi connectivity index (χ1) is 11.8. The summed E-state index contributed by atoms with van der Waals surface area (Å²) in [5, 5.41) is 0. The Kier molecular flexibility index (Phi) is 21.0. The highest BCUT2D eigenvalue weighted by molar-refractivity contribution is 4.56. The minimum Gasteiger partial charge on any atom is -0.0625 e. The molecule has 0 aromatic heterocycles. The summed E-state index contributed by atoms with van der Waals surface area (Å²) >= 11 is 0. The Balaban J connectivity index is 3.02. The zero-order valence-electron chi connectivity index (χ0n) is 17.1. The van der Waals surface area contributed by atoms with Crippen molar-refractivity contribution in [3.63, 3.8) is 0 Å². The molecule has 0 amide bonds. The first kappa shape index (κ1) is 24.0. The van der Waals surface area contributed by atoms with E-state index in [2.05, 4.69) is 20.8 Å². The smallest absolute Gasteiger partial charge is 0.0443 e. The molecule has 0 heterocycles. The molecule has 1 unspecified atom stereocenters. The van der Waals surface area contributed by atoms with Gasteiger partial charge in [0.25, 0.3) is 0 Å². The maximum Gasteiger partial charge on any atom is -0.0443 e. The first-order valence-corrected chi connectivity index (χ1v) is 11.4. The topological polar surface area (TPSA) is 0 Å². The molecule has 0 N–H and O–H groups in total. The molecule has 0 fully saturated rings. The Morgan fingerprint density at radius 3 is 1.08 bits per heavy atom. The van der Waals surface area contributed by atoms with Crippen molar-refractivity contribution < 1.29 is 0 Å². The van der Waals surface area contributed by atoms with E-state index in [1.807, 2.05) is 0 Å². The molecule has 0 saturated heterocycles. The third kappa shape index (κ3) is 20.0. The second-order valence-corrected chi connectivity index (χ2v) is 8.05. The number of unbranched alkanes of at least 4 members (excludes halogenated alkanes) is 16. The molecule has 0 aromatic carbocycles. The van der Waals surface area contributed by atoms with Gasteiger partial charge in [-0.15, -0.1) is 0 Å². The van der Waals surface area contributed by atoms with Gasteiger partial charge in [0.2, 0.25) is 0 Å². The van der Waals surface area contributed by atoms with Crippen LogP contribution in [0.1, 0.15) is 135 Å². The molecule has 144 valence electrons. The predicted octanol–water partition coefficient (Wildman–Crippen LogP) is 9.09. The lowest BCUT2D eigenvalue weighted by atomic mass is 9.97. The van der Waals surface area contributed by atoms with Crippen LogP contribution in [0.4, 0.5) is 0 Å². The van der Waals surface area contributed by atoms with Gasteiger partial charge in [-0.1, -0.05) is 149 Å². The standard InChI is InChI=1S/C24H48/c1-4-6-8-9-10-11-12-13-14-15-16-17-18-19-20-21-23-24(3)22-7-5-2/h24H,1-2,4-23H2,3H3. The summed E-state index contributed by atoms with van der Waals surface area (Å²) in [6.07, 6.45) is 28.2. The summed E-state index contributed by atoms with van der Waals surface area (Å²) in [6, 6.07) is 0. The van der Waals surface area contributed by atoms with E-state index in [1.165, 1.54) is 116 Å². The van der Waals surface area contributed by atoms with Crippen LogP contribution in [0.15, 0.2) is 0 Å². The van der Waals surface area contributed by atoms with Crippen molar-refractivity contribution >= 4 is 0 Å². The lowest BCUT2D eigenvalue weighted by Crippen LogP contribution is -1.94. The van der Waals surface area contributed by atoms with Gasteiger partial charge < -0.3 is 0 Å². The molecule has 0 aromatic rings. The van der Waals surface area contributed by atoms with Gasteiger partial charge in [0.1, 0.15) is 0 Å². The van der Waals surface area contributed by atoms with Gasteiger partial charge >= 0.3 is 0 Å². The highest BCUT2D eigenvalue weighted by Gasteiger charge is 2.01. The maximum absolute atomic E-state index is 3.94. The molecule has 0 bridgehead atoms. The van der Waals surface area contributed by atoms with Crippen molar-refractivity contribution in [1.82, 2.24) is 0 Å². The lowest BCUT2D eigenvalue weighted by Gasteiger charge is -2.10. The minimum absolute atomic E-state index is 0.926. The molecule has 24 heavy (non-hydrogen) atoms. The Hall–Kier alpha value is 0. The van der Waals surface area contributed by atoms with Crippen molar-refractivity contribution in [2.75, 3.05) is 0 Å². The summed E-state index contributed by atoms with van der Waals surface area (Å²) in [5.41, 5.74) is 0. The minimum atomic E-state index is 0.926. The molecule has 0 aliphatic heterocycles. The van der Waals surface area contributed by atoms with Crippen LogP contribution in [0.25, 0.3) is 0 Å². The number of hydrogen-bond donors (Lipinski definition) is 0. The monoisotopic (exact) mass is 336 g/mol. The third-order valence-corrected chi connectivity index (χ3v) is 5.39. The van der Waals surface area contributed by atoms with Crippen LogP contribution in [0, 0.1) is 19.8 Å². The lowest BCUT2D eigenvalue weighted by molar-refractivity contribution is 0.443. The van der Waals surface area contributed by atoms with Crippen LogP contribution in [-0.2, 0) is 0 Å². The second kappa shape index (κ2) is 21.0. The van der Waals surface area contributed by atoms with Crippen LogP contribution in [0.5, 0.6) is 0 Å². The molecule has 0 aliphatic carbocycles.